The van der Waals surface area contributed by atoms with E-state index in [1.807, 2.05) is 18.3 Å². The van der Waals surface area contributed by atoms with Crippen molar-refractivity contribution in [2.24, 2.45) is 0 Å². The number of nitrogens with one attached hydrogen (secondary N) is 1. The number of aromatic nitrogens is 4. The van der Waals surface area contributed by atoms with Gasteiger partial charge in [-0.3, -0.25) is 0 Å². The van der Waals surface area contributed by atoms with E-state index in [1.54, 1.807) is 6.33 Å². The molecule has 2 aliphatic rings. The average Bonchev–Trinajstić information content (AvgIpc) is 3.32. The van der Waals surface area contributed by atoms with Gasteiger partial charge in [-0.15, -0.1) is 0 Å². The van der Waals surface area contributed by atoms with E-state index in [0.29, 0.717) is 6.04 Å². The second-order valence-electron chi connectivity index (χ2n) is 6.69. The van der Waals surface area contributed by atoms with Gasteiger partial charge >= 0.3 is 0 Å². The molecule has 0 amide bonds. The topological polar surface area (TPSA) is 55.6 Å². The molecule has 1 saturated carbocycles. The van der Waals surface area contributed by atoms with E-state index in [9.17, 15) is 0 Å². The smallest absolute Gasteiger partial charge is 0.161 e. The molecule has 0 saturated heterocycles. The molecule has 1 unspecified atom stereocenters. The van der Waals surface area contributed by atoms with Gasteiger partial charge in [-0.1, -0.05) is 30.5 Å². The Hall–Kier alpha value is -2.14. The van der Waals surface area contributed by atoms with Crippen LogP contribution in [0.3, 0.4) is 0 Å². The van der Waals surface area contributed by atoms with Crippen LogP contribution < -0.4 is 5.32 Å². The van der Waals surface area contributed by atoms with E-state index in [2.05, 4.69) is 31.1 Å². The van der Waals surface area contributed by atoms with E-state index >= 15 is 0 Å². The number of nitrogens with zero attached hydrogens (tertiary/aromatic N) is 4. The molecule has 5 nitrogen and oxygen atoms in total. The number of anilines is 1. The van der Waals surface area contributed by atoms with Crippen LogP contribution in [0.15, 0.2) is 30.7 Å². The highest BCUT2D eigenvalue weighted by atomic mass is 35.5. The molecule has 5 rings (SSSR count). The summed E-state index contributed by atoms with van der Waals surface area (Å²) in [6.45, 7) is 0.830. The average molecular weight is 340 g/mol. The van der Waals surface area contributed by atoms with Crippen molar-refractivity contribution in [2.75, 3.05) is 11.9 Å². The lowest BCUT2D eigenvalue weighted by Crippen LogP contribution is -2.09. The van der Waals surface area contributed by atoms with Crippen LogP contribution in [-0.2, 0) is 0 Å². The predicted molar refractivity (Wildman–Crippen MR) is 94.6 cm³/mol. The summed E-state index contributed by atoms with van der Waals surface area (Å²) in [5.41, 5.74) is 4.36. The molecule has 1 aliphatic heterocycles. The molecule has 24 heavy (non-hydrogen) atoms. The molecule has 1 aromatic carbocycles. The predicted octanol–water partition coefficient (Wildman–Crippen LogP) is 4.15. The van der Waals surface area contributed by atoms with Gasteiger partial charge in [0.15, 0.2) is 5.65 Å². The SMILES string of the molecule is Clc1ccc2c(c1)NCC2c1ncnc2c1cnn2C1CCCC1. The monoisotopic (exact) mass is 339 g/mol. The van der Waals surface area contributed by atoms with Crippen molar-refractivity contribution >= 4 is 28.3 Å². The molecule has 0 bridgehead atoms. The first kappa shape index (κ1) is 14.2. The van der Waals surface area contributed by atoms with E-state index in [4.69, 9.17) is 11.6 Å². The highest BCUT2D eigenvalue weighted by Gasteiger charge is 2.28. The lowest BCUT2D eigenvalue weighted by atomic mass is 9.96. The molecular formula is C18H18ClN5. The van der Waals surface area contributed by atoms with Crippen LogP contribution in [0.5, 0.6) is 0 Å². The maximum atomic E-state index is 6.11. The molecule has 3 heterocycles. The summed E-state index contributed by atoms with van der Waals surface area (Å²) in [7, 11) is 0. The van der Waals surface area contributed by atoms with Crippen molar-refractivity contribution < 1.29 is 0 Å². The molecule has 1 N–H and O–H groups in total. The largest absolute Gasteiger partial charge is 0.384 e. The minimum atomic E-state index is 0.212. The standard InChI is InChI=1S/C18H18ClN5/c19-11-5-6-13-14(8-20-16(13)7-11)17-15-9-23-24(12-3-1-2-4-12)18(15)22-10-21-17/h5-7,9-10,12,14,20H,1-4,8H2. The summed E-state index contributed by atoms with van der Waals surface area (Å²) in [6.07, 6.45) is 8.58. The van der Waals surface area contributed by atoms with E-state index in [-0.39, 0.29) is 5.92 Å². The van der Waals surface area contributed by atoms with Crippen LogP contribution in [0.2, 0.25) is 5.02 Å². The summed E-state index contributed by atoms with van der Waals surface area (Å²) in [5.74, 6) is 0.212. The number of halogens is 1. The van der Waals surface area contributed by atoms with Gasteiger partial charge < -0.3 is 5.32 Å². The Labute approximate surface area is 145 Å². The van der Waals surface area contributed by atoms with Gasteiger partial charge in [-0.2, -0.15) is 5.10 Å². The van der Waals surface area contributed by atoms with Crippen molar-refractivity contribution in [1.29, 1.82) is 0 Å². The van der Waals surface area contributed by atoms with Gasteiger partial charge in [0.05, 0.1) is 23.3 Å². The third-order valence-corrected chi connectivity index (χ3v) is 5.55. The van der Waals surface area contributed by atoms with E-state index in [1.165, 1.54) is 31.2 Å². The fraction of sp³-hybridized carbons (Fsp3) is 0.389. The zero-order chi connectivity index (χ0) is 16.1. The highest BCUT2D eigenvalue weighted by molar-refractivity contribution is 6.30. The molecule has 0 spiro atoms. The van der Waals surface area contributed by atoms with E-state index in [0.717, 1.165) is 34.0 Å². The second-order valence-corrected chi connectivity index (χ2v) is 7.13. The van der Waals surface area contributed by atoms with Gasteiger partial charge in [0.25, 0.3) is 0 Å². The van der Waals surface area contributed by atoms with E-state index < -0.39 is 0 Å². The lowest BCUT2D eigenvalue weighted by molar-refractivity contribution is 0.478. The summed E-state index contributed by atoms with van der Waals surface area (Å²) in [6, 6.07) is 6.51. The zero-order valence-electron chi connectivity index (χ0n) is 13.2. The van der Waals surface area contributed by atoms with Gasteiger partial charge in [-0.25, -0.2) is 14.6 Å². The first-order valence-electron chi connectivity index (χ1n) is 8.52. The van der Waals surface area contributed by atoms with Crippen LogP contribution in [0.25, 0.3) is 11.0 Å². The third-order valence-electron chi connectivity index (χ3n) is 5.31. The molecule has 1 atom stereocenters. The van der Waals surface area contributed by atoms with Gasteiger partial charge in [0.1, 0.15) is 6.33 Å². The summed E-state index contributed by atoms with van der Waals surface area (Å²) in [4.78, 5) is 9.15. The molecule has 1 fully saturated rings. The van der Waals surface area contributed by atoms with Crippen molar-refractivity contribution in [2.45, 2.75) is 37.6 Å². The number of hydrogen-bond donors (Lipinski definition) is 1. The molecule has 6 heteroatoms. The summed E-state index contributed by atoms with van der Waals surface area (Å²) in [5, 5.41) is 9.92. The molecular weight excluding hydrogens is 322 g/mol. The molecule has 122 valence electrons. The Morgan fingerprint density at radius 1 is 1.17 bits per heavy atom. The Morgan fingerprint density at radius 2 is 2.04 bits per heavy atom. The minimum absolute atomic E-state index is 0.212. The first-order chi connectivity index (χ1) is 11.8. The Balaban J connectivity index is 1.61. The van der Waals surface area contributed by atoms with Crippen LogP contribution in [-0.4, -0.2) is 26.3 Å². The Morgan fingerprint density at radius 3 is 2.92 bits per heavy atom. The van der Waals surface area contributed by atoms with Gasteiger partial charge in [0.2, 0.25) is 0 Å². The first-order valence-corrected chi connectivity index (χ1v) is 8.90. The number of benzene rings is 1. The fourth-order valence-corrected chi connectivity index (χ4v) is 4.30. The summed E-state index contributed by atoms with van der Waals surface area (Å²) < 4.78 is 2.11. The maximum Gasteiger partial charge on any atom is 0.161 e. The van der Waals surface area contributed by atoms with Crippen molar-refractivity contribution in [3.8, 4) is 0 Å². The minimum Gasteiger partial charge on any atom is -0.384 e. The van der Waals surface area contributed by atoms with Crippen LogP contribution in [0.1, 0.15) is 48.9 Å². The van der Waals surface area contributed by atoms with Gasteiger partial charge in [-0.05, 0) is 30.5 Å². The quantitative estimate of drug-likeness (QED) is 0.762. The Kier molecular flexibility index (Phi) is 3.23. The van der Waals surface area contributed by atoms with Crippen LogP contribution >= 0.6 is 11.6 Å². The van der Waals surface area contributed by atoms with Crippen LogP contribution in [0, 0.1) is 0 Å². The number of fused-ring (bicyclic) bond motifs is 2. The third kappa shape index (κ3) is 2.11. The number of rotatable bonds is 2. The van der Waals surface area contributed by atoms with Gasteiger partial charge in [0, 0.05) is 23.2 Å². The molecule has 2 aromatic heterocycles. The van der Waals surface area contributed by atoms with Crippen LogP contribution in [0.4, 0.5) is 5.69 Å². The summed E-state index contributed by atoms with van der Waals surface area (Å²) >= 11 is 6.11. The van der Waals surface area contributed by atoms with Crippen molar-refractivity contribution in [1.82, 2.24) is 19.7 Å². The fourth-order valence-electron chi connectivity index (χ4n) is 4.13. The normalized spacial score (nSPS) is 20.5. The molecule has 3 aromatic rings. The molecule has 0 radical (unpaired) electrons. The zero-order valence-corrected chi connectivity index (χ0v) is 14.0. The highest BCUT2D eigenvalue weighted by Crippen LogP contribution is 2.39. The van der Waals surface area contributed by atoms with Crippen molar-refractivity contribution in [3.63, 3.8) is 0 Å². The lowest BCUT2D eigenvalue weighted by Gasteiger charge is -2.13. The van der Waals surface area contributed by atoms with Crippen molar-refractivity contribution in [3.05, 3.63) is 47.0 Å². The Bertz CT molecular complexity index is 913. The second kappa shape index (κ2) is 5.45. The molecule has 1 aliphatic carbocycles. The maximum absolute atomic E-state index is 6.11. The number of hydrogen-bond acceptors (Lipinski definition) is 4.